The van der Waals surface area contributed by atoms with Crippen LogP contribution in [0, 0.1) is 0 Å². The van der Waals surface area contributed by atoms with Gasteiger partial charge in [-0.1, -0.05) is 12.1 Å². The Labute approximate surface area is 158 Å². The minimum atomic E-state index is 0.250. The predicted octanol–water partition coefficient (Wildman–Crippen LogP) is 4.73. The first-order chi connectivity index (χ1) is 13.3. The normalized spacial score (nSPS) is 16.8. The average molecular weight is 358 g/mol. The van der Waals surface area contributed by atoms with Crippen LogP contribution < -0.4 is 0 Å². The number of ketones is 1. The number of nitrogens with zero attached hydrogens (tertiary/aromatic N) is 2. The molecule has 2 aliphatic rings. The van der Waals surface area contributed by atoms with Gasteiger partial charge in [-0.2, -0.15) is 0 Å². The van der Waals surface area contributed by atoms with Crippen LogP contribution in [0.4, 0.5) is 0 Å². The van der Waals surface area contributed by atoms with Crippen LogP contribution in [0.2, 0.25) is 0 Å². The van der Waals surface area contributed by atoms with E-state index in [-0.39, 0.29) is 5.78 Å². The predicted molar refractivity (Wildman–Crippen MR) is 105 cm³/mol. The molecule has 1 fully saturated rings. The van der Waals surface area contributed by atoms with Crippen molar-refractivity contribution in [3.05, 3.63) is 65.7 Å². The number of hydrogen-bond donors (Lipinski definition) is 0. The Kier molecular flexibility index (Phi) is 4.13. The van der Waals surface area contributed by atoms with Gasteiger partial charge in [0.2, 0.25) is 0 Å². The summed E-state index contributed by atoms with van der Waals surface area (Å²) in [7, 11) is 0. The molecule has 0 saturated carbocycles. The molecule has 1 aliphatic carbocycles. The first-order valence-corrected chi connectivity index (χ1v) is 9.70. The number of aromatic nitrogens is 1. The number of carbonyl (C=O) groups excluding carboxylic acids is 1. The maximum absolute atomic E-state index is 12.0. The Bertz CT molecular complexity index is 985. The van der Waals surface area contributed by atoms with Crippen molar-refractivity contribution in [2.45, 2.75) is 32.2 Å². The molecule has 1 aliphatic heterocycles. The second-order valence-corrected chi connectivity index (χ2v) is 7.47. The first-order valence-electron chi connectivity index (χ1n) is 9.70. The van der Waals surface area contributed by atoms with E-state index in [1.807, 2.05) is 36.7 Å². The highest BCUT2D eigenvalue weighted by atomic mass is 16.3. The number of pyridine rings is 1. The van der Waals surface area contributed by atoms with Crippen molar-refractivity contribution in [1.82, 2.24) is 9.88 Å². The van der Waals surface area contributed by atoms with Crippen molar-refractivity contribution >= 4 is 5.78 Å². The number of carbonyl (C=O) groups is 1. The summed E-state index contributed by atoms with van der Waals surface area (Å²) in [6, 6.07) is 12.3. The van der Waals surface area contributed by atoms with Gasteiger partial charge >= 0.3 is 0 Å². The molecule has 136 valence electrons. The summed E-state index contributed by atoms with van der Waals surface area (Å²) in [6.07, 6.45) is 7.61. The van der Waals surface area contributed by atoms with Gasteiger partial charge in [0.15, 0.2) is 5.78 Å². The highest BCUT2D eigenvalue weighted by Gasteiger charge is 2.23. The molecule has 0 bridgehead atoms. The largest absolute Gasteiger partial charge is 0.459 e. The van der Waals surface area contributed by atoms with Gasteiger partial charge in [-0.15, -0.1) is 0 Å². The van der Waals surface area contributed by atoms with Gasteiger partial charge in [-0.05, 0) is 67.7 Å². The van der Waals surface area contributed by atoms with Crippen molar-refractivity contribution in [3.8, 4) is 22.5 Å². The zero-order valence-electron chi connectivity index (χ0n) is 15.3. The summed E-state index contributed by atoms with van der Waals surface area (Å²) in [4.78, 5) is 18.6. The van der Waals surface area contributed by atoms with Crippen LogP contribution in [0.25, 0.3) is 22.5 Å². The maximum atomic E-state index is 12.0. The highest BCUT2D eigenvalue weighted by molar-refractivity contribution is 6.01. The molecule has 0 atom stereocenters. The Morgan fingerprint density at radius 3 is 2.56 bits per heavy atom. The molecule has 0 spiro atoms. The van der Waals surface area contributed by atoms with E-state index in [4.69, 9.17) is 4.42 Å². The summed E-state index contributed by atoms with van der Waals surface area (Å²) < 4.78 is 6.36. The van der Waals surface area contributed by atoms with Gasteiger partial charge in [0.1, 0.15) is 11.5 Å². The van der Waals surface area contributed by atoms with Gasteiger partial charge in [-0.3, -0.25) is 14.7 Å². The van der Waals surface area contributed by atoms with Gasteiger partial charge in [0.25, 0.3) is 0 Å². The number of furan rings is 1. The highest BCUT2D eigenvalue weighted by Crippen LogP contribution is 2.37. The summed E-state index contributed by atoms with van der Waals surface area (Å²) in [6.45, 7) is 3.13. The minimum Gasteiger partial charge on any atom is -0.459 e. The van der Waals surface area contributed by atoms with Gasteiger partial charge in [0.05, 0.1) is 6.54 Å². The number of rotatable bonds is 4. The van der Waals surface area contributed by atoms with Crippen LogP contribution in [0.5, 0.6) is 0 Å². The van der Waals surface area contributed by atoms with Crippen LogP contribution in [-0.4, -0.2) is 28.8 Å². The van der Waals surface area contributed by atoms with E-state index in [0.29, 0.717) is 6.42 Å². The topological polar surface area (TPSA) is 46.3 Å². The molecule has 5 rings (SSSR count). The average Bonchev–Trinajstić information content (AvgIpc) is 3.44. The molecule has 27 heavy (non-hydrogen) atoms. The van der Waals surface area contributed by atoms with Crippen LogP contribution in [0.3, 0.4) is 0 Å². The van der Waals surface area contributed by atoms with E-state index < -0.39 is 0 Å². The molecule has 0 amide bonds. The fourth-order valence-electron chi connectivity index (χ4n) is 4.24. The van der Waals surface area contributed by atoms with Gasteiger partial charge < -0.3 is 4.42 Å². The van der Waals surface area contributed by atoms with Gasteiger partial charge in [0, 0.05) is 35.5 Å². The standard InChI is InChI=1S/C23H22N2O2/c26-22-6-4-17-13-18(3-5-20(17)22)23-21(16-7-9-24-10-8-16)14-19(27-23)15-25-11-1-2-12-25/h3,5,7-10,13-14H,1-2,4,6,11-12,15H2. The molecule has 2 aromatic heterocycles. The molecular weight excluding hydrogens is 336 g/mol. The maximum Gasteiger partial charge on any atom is 0.163 e. The molecule has 4 heteroatoms. The van der Waals surface area contributed by atoms with E-state index in [2.05, 4.69) is 22.0 Å². The van der Waals surface area contributed by atoms with Crippen molar-refractivity contribution in [2.24, 2.45) is 0 Å². The lowest BCUT2D eigenvalue weighted by atomic mass is 9.99. The summed E-state index contributed by atoms with van der Waals surface area (Å²) >= 11 is 0. The molecule has 1 aromatic carbocycles. The molecule has 0 unspecified atom stereocenters. The molecular formula is C23H22N2O2. The van der Waals surface area contributed by atoms with E-state index in [0.717, 1.165) is 65.4 Å². The number of likely N-dealkylation sites (tertiary alicyclic amines) is 1. The van der Waals surface area contributed by atoms with Crippen molar-refractivity contribution in [3.63, 3.8) is 0 Å². The lowest BCUT2D eigenvalue weighted by Gasteiger charge is -2.11. The van der Waals surface area contributed by atoms with Crippen LogP contribution in [0.1, 0.15) is 40.9 Å². The second kappa shape index (κ2) is 6.78. The zero-order chi connectivity index (χ0) is 18.2. The van der Waals surface area contributed by atoms with Crippen LogP contribution in [0.15, 0.2) is 53.2 Å². The van der Waals surface area contributed by atoms with Crippen molar-refractivity contribution in [2.75, 3.05) is 13.1 Å². The van der Waals surface area contributed by atoms with E-state index in [1.54, 1.807) is 0 Å². The van der Waals surface area contributed by atoms with Crippen LogP contribution >= 0.6 is 0 Å². The molecule has 3 heterocycles. The Balaban J connectivity index is 1.57. The Hall–Kier alpha value is -2.72. The zero-order valence-corrected chi connectivity index (χ0v) is 15.3. The summed E-state index contributed by atoms with van der Waals surface area (Å²) in [5.74, 6) is 2.13. The molecule has 3 aromatic rings. The number of Topliss-reactive ketones (excluding diaryl/α,β-unsaturated/α-hetero) is 1. The van der Waals surface area contributed by atoms with E-state index in [1.165, 1.54) is 12.8 Å². The van der Waals surface area contributed by atoms with E-state index in [9.17, 15) is 4.79 Å². The third-order valence-corrected chi connectivity index (χ3v) is 5.64. The van der Waals surface area contributed by atoms with Crippen molar-refractivity contribution < 1.29 is 9.21 Å². The molecule has 4 nitrogen and oxygen atoms in total. The molecule has 0 N–H and O–H groups in total. The van der Waals surface area contributed by atoms with Crippen LogP contribution in [-0.2, 0) is 13.0 Å². The second-order valence-electron chi connectivity index (χ2n) is 7.47. The lowest BCUT2D eigenvalue weighted by Crippen LogP contribution is -2.17. The van der Waals surface area contributed by atoms with Crippen molar-refractivity contribution in [1.29, 1.82) is 0 Å². The Morgan fingerprint density at radius 1 is 0.926 bits per heavy atom. The summed E-state index contributed by atoms with van der Waals surface area (Å²) in [5, 5.41) is 0. The summed E-state index contributed by atoms with van der Waals surface area (Å²) in [5.41, 5.74) is 5.25. The monoisotopic (exact) mass is 358 g/mol. The SMILES string of the molecule is O=C1CCc2cc(-c3oc(CN4CCCC4)cc3-c3ccncc3)ccc21. The third kappa shape index (κ3) is 3.10. The molecule has 0 radical (unpaired) electrons. The molecule has 1 saturated heterocycles. The number of benzene rings is 1. The third-order valence-electron chi connectivity index (χ3n) is 5.64. The fraction of sp³-hybridized carbons (Fsp3) is 0.304. The first kappa shape index (κ1) is 16.5. The number of aryl methyl sites for hydroxylation is 1. The quantitative estimate of drug-likeness (QED) is 0.676. The fourth-order valence-corrected chi connectivity index (χ4v) is 4.24. The van der Waals surface area contributed by atoms with E-state index >= 15 is 0 Å². The smallest absolute Gasteiger partial charge is 0.163 e. The Morgan fingerprint density at radius 2 is 1.74 bits per heavy atom. The number of hydrogen-bond acceptors (Lipinski definition) is 4. The lowest BCUT2D eigenvalue weighted by molar-refractivity contribution is 0.0994. The minimum absolute atomic E-state index is 0.250. The van der Waals surface area contributed by atoms with Gasteiger partial charge in [-0.25, -0.2) is 0 Å². The number of fused-ring (bicyclic) bond motifs is 1.